The summed E-state index contributed by atoms with van der Waals surface area (Å²) >= 11 is 0. The summed E-state index contributed by atoms with van der Waals surface area (Å²) in [6, 6.07) is 12.8. The van der Waals surface area contributed by atoms with Gasteiger partial charge < -0.3 is 0 Å². The number of halogens is 1. The molecule has 5 heteroatoms. The van der Waals surface area contributed by atoms with Gasteiger partial charge >= 0.3 is 0 Å². The van der Waals surface area contributed by atoms with Gasteiger partial charge in [-0.1, -0.05) is 36.4 Å². The van der Waals surface area contributed by atoms with E-state index in [1.165, 1.54) is 0 Å². The summed E-state index contributed by atoms with van der Waals surface area (Å²) in [6.45, 7) is 3.84. The molecule has 0 fully saturated rings. The van der Waals surface area contributed by atoms with Crippen molar-refractivity contribution in [2.24, 2.45) is 5.14 Å². The van der Waals surface area contributed by atoms with E-state index in [0.717, 1.165) is 16.7 Å². The number of nitrogens with two attached hydrogens (primary N) is 1. The Bertz CT molecular complexity index is 696. The van der Waals surface area contributed by atoms with Crippen LogP contribution in [-0.4, -0.2) is 8.42 Å². The van der Waals surface area contributed by atoms with Crippen molar-refractivity contribution in [3.05, 3.63) is 53.6 Å². The number of benzene rings is 2. The molecular weight excluding hydrogens is 282 g/mol. The van der Waals surface area contributed by atoms with Crippen molar-refractivity contribution in [3.8, 4) is 11.1 Å². The Hall–Kier alpha value is -1.36. The highest BCUT2D eigenvalue weighted by atomic mass is 35.5. The minimum absolute atomic E-state index is 0. The lowest BCUT2D eigenvalue weighted by Crippen LogP contribution is -2.14. The molecule has 0 amide bonds. The van der Waals surface area contributed by atoms with Gasteiger partial charge in [0.1, 0.15) is 0 Å². The molecule has 0 atom stereocenters. The van der Waals surface area contributed by atoms with Crippen LogP contribution in [0.25, 0.3) is 11.1 Å². The zero-order chi connectivity index (χ0) is 13.3. The topological polar surface area (TPSA) is 60.2 Å². The van der Waals surface area contributed by atoms with Gasteiger partial charge in [-0.25, -0.2) is 13.6 Å². The number of hydrogen-bond donors (Lipinski definition) is 1. The summed E-state index contributed by atoms with van der Waals surface area (Å²) in [4.78, 5) is 0.178. The summed E-state index contributed by atoms with van der Waals surface area (Å²) < 4.78 is 23.3. The first kappa shape index (κ1) is 15.7. The molecular formula is C14H16ClNO2S. The Labute approximate surface area is 119 Å². The van der Waals surface area contributed by atoms with Crippen LogP contribution in [0.5, 0.6) is 0 Å². The molecule has 2 rings (SSSR count). The SMILES string of the molecule is Cc1ccccc1-c1c(C)cccc1S(N)(=O)=O.Cl. The molecule has 2 aromatic rings. The van der Waals surface area contributed by atoms with E-state index in [4.69, 9.17) is 5.14 Å². The molecule has 0 saturated carbocycles. The fraction of sp³-hybridized carbons (Fsp3) is 0.143. The molecule has 0 unspecified atom stereocenters. The molecule has 0 radical (unpaired) electrons. The maximum atomic E-state index is 11.7. The number of hydrogen-bond acceptors (Lipinski definition) is 2. The van der Waals surface area contributed by atoms with Crippen molar-refractivity contribution < 1.29 is 8.42 Å². The second-order valence-electron chi connectivity index (χ2n) is 4.31. The summed E-state index contributed by atoms with van der Waals surface area (Å²) in [5.41, 5.74) is 3.52. The lowest BCUT2D eigenvalue weighted by molar-refractivity contribution is 0.598. The highest BCUT2D eigenvalue weighted by Gasteiger charge is 2.17. The van der Waals surface area contributed by atoms with Crippen molar-refractivity contribution in [2.45, 2.75) is 18.7 Å². The molecule has 2 N–H and O–H groups in total. The lowest BCUT2D eigenvalue weighted by atomic mass is 9.97. The third-order valence-electron chi connectivity index (χ3n) is 2.96. The predicted octanol–water partition coefficient (Wildman–Crippen LogP) is 3.04. The molecule has 0 spiro atoms. The van der Waals surface area contributed by atoms with Crippen LogP contribution in [0.4, 0.5) is 0 Å². The molecule has 19 heavy (non-hydrogen) atoms. The van der Waals surface area contributed by atoms with Crippen LogP contribution in [0.15, 0.2) is 47.4 Å². The third-order valence-corrected chi connectivity index (χ3v) is 3.91. The van der Waals surface area contributed by atoms with E-state index in [1.807, 2.05) is 44.2 Å². The van der Waals surface area contributed by atoms with Gasteiger partial charge in [-0.3, -0.25) is 0 Å². The Morgan fingerprint density at radius 1 is 0.895 bits per heavy atom. The van der Waals surface area contributed by atoms with E-state index in [9.17, 15) is 8.42 Å². The molecule has 2 aromatic carbocycles. The van der Waals surface area contributed by atoms with Gasteiger partial charge in [0.2, 0.25) is 10.0 Å². The van der Waals surface area contributed by atoms with Crippen LogP contribution in [0, 0.1) is 13.8 Å². The van der Waals surface area contributed by atoms with Crippen molar-refractivity contribution in [3.63, 3.8) is 0 Å². The van der Waals surface area contributed by atoms with Crippen molar-refractivity contribution in [2.75, 3.05) is 0 Å². The minimum atomic E-state index is -3.72. The molecule has 0 aliphatic rings. The monoisotopic (exact) mass is 297 g/mol. The van der Waals surface area contributed by atoms with Gasteiger partial charge in [0.15, 0.2) is 0 Å². The van der Waals surface area contributed by atoms with E-state index < -0.39 is 10.0 Å². The first-order valence-electron chi connectivity index (χ1n) is 5.59. The molecule has 0 aliphatic carbocycles. The summed E-state index contributed by atoms with van der Waals surface area (Å²) in [6.07, 6.45) is 0. The quantitative estimate of drug-likeness (QED) is 0.926. The fourth-order valence-corrected chi connectivity index (χ4v) is 2.90. The molecule has 0 bridgehead atoms. The Balaban J connectivity index is 0.00000180. The molecule has 0 saturated heterocycles. The Morgan fingerprint density at radius 3 is 2.05 bits per heavy atom. The van der Waals surface area contributed by atoms with Gasteiger partial charge in [-0.15, -0.1) is 12.4 Å². The third kappa shape index (κ3) is 3.15. The summed E-state index contributed by atoms with van der Waals surface area (Å²) in [5.74, 6) is 0. The zero-order valence-corrected chi connectivity index (χ0v) is 12.4. The smallest absolute Gasteiger partial charge is 0.225 e. The molecule has 0 aromatic heterocycles. The van der Waals surface area contributed by atoms with Crippen LogP contribution in [0.3, 0.4) is 0 Å². The summed E-state index contributed by atoms with van der Waals surface area (Å²) in [7, 11) is -3.72. The fourth-order valence-electron chi connectivity index (χ4n) is 2.08. The van der Waals surface area contributed by atoms with E-state index in [-0.39, 0.29) is 17.3 Å². The van der Waals surface area contributed by atoms with Crippen LogP contribution in [0.1, 0.15) is 11.1 Å². The largest absolute Gasteiger partial charge is 0.238 e. The predicted molar refractivity (Wildman–Crippen MR) is 80.0 cm³/mol. The van der Waals surface area contributed by atoms with Crippen LogP contribution in [0.2, 0.25) is 0 Å². The van der Waals surface area contributed by atoms with Crippen molar-refractivity contribution in [1.29, 1.82) is 0 Å². The number of sulfonamides is 1. The van der Waals surface area contributed by atoms with Gasteiger partial charge in [0, 0.05) is 5.56 Å². The maximum absolute atomic E-state index is 11.7. The second kappa shape index (κ2) is 5.74. The first-order valence-corrected chi connectivity index (χ1v) is 7.14. The second-order valence-corrected chi connectivity index (χ2v) is 5.84. The average Bonchev–Trinajstić information content (AvgIpc) is 2.29. The van der Waals surface area contributed by atoms with Gasteiger partial charge in [0.05, 0.1) is 4.90 Å². The number of primary sulfonamides is 1. The maximum Gasteiger partial charge on any atom is 0.238 e. The Morgan fingerprint density at radius 2 is 1.47 bits per heavy atom. The summed E-state index contributed by atoms with van der Waals surface area (Å²) in [5, 5.41) is 5.29. The normalized spacial score (nSPS) is 10.9. The van der Waals surface area contributed by atoms with E-state index >= 15 is 0 Å². The zero-order valence-electron chi connectivity index (χ0n) is 10.8. The lowest BCUT2D eigenvalue weighted by Gasteiger charge is -2.13. The van der Waals surface area contributed by atoms with E-state index in [2.05, 4.69) is 0 Å². The van der Waals surface area contributed by atoms with E-state index in [0.29, 0.717) is 5.56 Å². The highest BCUT2D eigenvalue weighted by Crippen LogP contribution is 2.31. The first-order chi connectivity index (χ1) is 8.41. The van der Waals surface area contributed by atoms with E-state index in [1.54, 1.807) is 12.1 Å². The van der Waals surface area contributed by atoms with Crippen molar-refractivity contribution in [1.82, 2.24) is 0 Å². The standard InChI is InChI=1S/C14H15NO2S.ClH/c1-10-6-3-4-8-12(10)14-11(2)7-5-9-13(14)18(15,16)17;/h3-9H,1-2H3,(H2,15,16,17);1H. The number of rotatable bonds is 2. The molecule has 0 heterocycles. The van der Waals surface area contributed by atoms with Crippen molar-refractivity contribution >= 4 is 22.4 Å². The average molecular weight is 298 g/mol. The molecule has 3 nitrogen and oxygen atoms in total. The van der Waals surface area contributed by atoms with Gasteiger partial charge in [-0.05, 0) is 36.6 Å². The van der Waals surface area contributed by atoms with Gasteiger partial charge in [-0.2, -0.15) is 0 Å². The molecule has 102 valence electrons. The Kier molecular flexibility index (Phi) is 4.74. The molecule has 0 aliphatic heterocycles. The van der Waals surface area contributed by atoms with Crippen LogP contribution >= 0.6 is 12.4 Å². The highest BCUT2D eigenvalue weighted by molar-refractivity contribution is 7.89. The number of aryl methyl sites for hydroxylation is 2. The van der Waals surface area contributed by atoms with Crippen LogP contribution in [-0.2, 0) is 10.0 Å². The van der Waals surface area contributed by atoms with Crippen LogP contribution < -0.4 is 5.14 Å². The minimum Gasteiger partial charge on any atom is -0.225 e. The van der Waals surface area contributed by atoms with Gasteiger partial charge in [0.25, 0.3) is 0 Å².